The number of carbonyl (C=O) groups excluding carboxylic acids is 1. The standard InChI is InChI=1S/C47H46Cl2N6O4/c1-9-31-14-15-50-33(21-31)24-53-39(47(57)58)22-32-17-25(2)18-38(43(32)53)54-23-28(5)55-44-36(12-13-37(48)41(44)40-29(6)51-52(8)30(40)7)35(45(55)46(54)56)11-10-16-59-34-19-26(3)42(49)27(4)20-34/h9,12-15,17-22,28H,1,10-11,16,23-24H2,2-8H3,(H,57,58)/t28-/m1/s1. The van der Waals surface area contributed by atoms with E-state index >= 15 is 4.79 Å². The summed E-state index contributed by atoms with van der Waals surface area (Å²) < 4.78 is 12.1. The van der Waals surface area contributed by atoms with Gasteiger partial charge in [-0.15, -0.1) is 0 Å². The molecule has 0 bridgehead atoms. The van der Waals surface area contributed by atoms with Crippen molar-refractivity contribution in [1.82, 2.24) is 23.9 Å². The zero-order valence-corrected chi connectivity index (χ0v) is 35.8. The molecule has 1 aliphatic rings. The Labute approximate surface area is 353 Å². The third-order valence-corrected chi connectivity index (χ3v) is 12.5. The number of hydrogen-bond donors (Lipinski definition) is 1. The van der Waals surface area contributed by atoms with Gasteiger partial charge in [-0.05, 0) is 131 Å². The molecule has 0 radical (unpaired) electrons. The van der Waals surface area contributed by atoms with Gasteiger partial charge in [-0.3, -0.25) is 14.5 Å². The molecule has 302 valence electrons. The fraction of sp³-hybridized carbons (Fsp3) is 0.277. The first kappa shape index (κ1) is 40.0. The lowest BCUT2D eigenvalue weighted by molar-refractivity contribution is 0.0686. The van der Waals surface area contributed by atoms with Crippen molar-refractivity contribution in [1.29, 1.82) is 0 Å². The fourth-order valence-electron chi connectivity index (χ4n) is 8.89. The molecule has 0 unspecified atom stereocenters. The predicted molar refractivity (Wildman–Crippen MR) is 237 cm³/mol. The third kappa shape index (κ3) is 6.88. The molecule has 0 aliphatic carbocycles. The Balaban J connectivity index is 1.30. The van der Waals surface area contributed by atoms with E-state index < -0.39 is 5.97 Å². The topological polar surface area (TPSA) is 107 Å². The monoisotopic (exact) mass is 828 g/mol. The van der Waals surface area contributed by atoms with Gasteiger partial charge in [0, 0.05) is 58.4 Å². The minimum Gasteiger partial charge on any atom is -0.494 e. The van der Waals surface area contributed by atoms with Crippen LogP contribution in [0.3, 0.4) is 0 Å². The highest BCUT2D eigenvalue weighted by atomic mass is 35.5. The molecule has 8 rings (SSSR count). The number of rotatable bonds is 11. The molecular formula is C47H46Cl2N6O4. The second kappa shape index (κ2) is 15.4. The average Bonchev–Trinajstić information content (AvgIpc) is 3.81. The number of hydrogen-bond acceptors (Lipinski definition) is 5. The molecule has 1 amide bonds. The maximum atomic E-state index is 15.5. The van der Waals surface area contributed by atoms with Gasteiger partial charge in [-0.2, -0.15) is 5.10 Å². The summed E-state index contributed by atoms with van der Waals surface area (Å²) in [6, 6.07) is 17.0. The minimum atomic E-state index is -1.07. The van der Waals surface area contributed by atoms with Crippen LogP contribution in [0, 0.1) is 34.6 Å². The zero-order valence-electron chi connectivity index (χ0n) is 34.3. The van der Waals surface area contributed by atoms with E-state index in [0.717, 1.165) is 77.4 Å². The van der Waals surface area contributed by atoms with Crippen molar-refractivity contribution in [3.8, 4) is 16.9 Å². The van der Waals surface area contributed by atoms with Gasteiger partial charge in [0.1, 0.15) is 17.1 Å². The number of benzene rings is 3. The molecule has 0 saturated carbocycles. The lowest BCUT2D eigenvalue weighted by Gasteiger charge is -2.35. The van der Waals surface area contributed by atoms with E-state index in [1.807, 2.05) is 99.8 Å². The number of halogens is 2. The highest BCUT2D eigenvalue weighted by Gasteiger charge is 2.38. The number of carbonyl (C=O) groups is 2. The van der Waals surface area contributed by atoms with Crippen molar-refractivity contribution < 1.29 is 19.4 Å². The number of amides is 1. The largest absolute Gasteiger partial charge is 0.494 e. The number of aromatic nitrogens is 5. The van der Waals surface area contributed by atoms with Crippen LogP contribution in [-0.2, 0) is 20.0 Å². The molecule has 0 spiro atoms. The van der Waals surface area contributed by atoms with Crippen LogP contribution in [0.4, 0.5) is 5.69 Å². The number of anilines is 1. The van der Waals surface area contributed by atoms with Gasteiger partial charge in [0.2, 0.25) is 0 Å². The third-order valence-electron chi connectivity index (χ3n) is 11.6. The van der Waals surface area contributed by atoms with Crippen LogP contribution in [-0.4, -0.2) is 54.0 Å². The van der Waals surface area contributed by atoms with E-state index in [0.29, 0.717) is 53.6 Å². The number of carboxylic acids is 1. The Morgan fingerprint density at radius 2 is 1.75 bits per heavy atom. The van der Waals surface area contributed by atoms with Crippen molar-refractivity contribution >= 4 is 68.6 Å². The highest BCUT2D eigenvalue weighted by Crippen LogP contribution is 2.46. The fourth-order valence-corrected chi connectivity index (χ4v) is 9.25. The van der Waals surface area contributed by atoms with Crippen molar-refractivity contribution in [2.45, 2.75) is 67.0 Å². The summed E-state index contributed by atoms with van der Waals surface area (Å²) in [6.07, 6.45) is 4.61. The first-order chi connectivity index (χ1) is 28.2. The van der Waals surface area contributed by atoms with Crippen LogP contribution in [0.25, 0.3) is 39.0 Å². The minimum absolute atomic E-state index is 0.109. The second-order valence-electron chi connectivity index (χ2n) is 15.7. The lowest BCUT2D eigenvalue weighted by atomic mass is 9.98. The van der Waals surface area contributed by atoms with Crippen molar-refractivity contribution in [2.24, 2.45) is 7.05 Å². The van der Waals surface area contributed by atoms with E-state index in [2.05, 4.69) is 23.1 Å². The summed E-state index contributed by atoms with van der Waals surface area (Å²) in [4.78, 5) is 34.7. The lowest BCUT2D eigenvalue weighted by Crippen LogP contribution is -2.43. The molecule has 59 heavy (non-hydrogen) atoms. The molecule has 10 nitrogen and oxygen atoms in total. The summed E-state index contributed by atoms with van der Waals surface area (Å²) in [5, 5.41) is 18.2. The van der Waals surface area contributed by atoms with Gasteiger partial charge in [0.25, 0.3) is 5.91 Å². The van der Waals surface area contributed by atoms with E-state index in [9.17, 15) is 9.90 Å². The van der Waals surface area contributed by atoms with Crippen molar-refractivity contribution in [3.63, 3.8) is 0 Å². The SMILES string of the molecule is C=Cc1ccnc(Cn2c(C(=O)O)cc3cc(C)cc(N4C[C@@H](C)n5c(c(CCCOc6cc(C)c(Cl)c(C)c6)c6ccc(Cl)c(-c7c(C)nn(C)c7C)c65)C4=O)c32)c1. The summed E-state index contributed by atoms with van der Waals surface area (Å²) >= 11 is 13.6. The number of fused-ring (bicyclic) bond motifs is 4. The molecular weight excluding hydrogens is 783 g/mol. The molecule has 1 aliphatic heterocycles. The molecule has 0 fully saturated rings. The van der Waals surface area contributed by atoms with E-state index in [4.69, 9.17) is 33.0 Å². The molecule has 3 aromatic carbocycles. The molecule has 12 heteroatoms. The number of aryl methyl sites for hydroxylation is 6. The molecule has 4 aromatic heterocycles. The Kier molecular flexibility index (Phi) is 10.4. The predicted octanol–water partition coefficient (Wildman–Crippen LogP) is 10.9. The number of ether oxygens (including phenoxy) is 1. The van der Waals surface area contributed by atoms with Crippen LogP contribution in [0.2, 0.25) is 10.0 Å². The number of pyridine rings is 1. The smallest absolute Gasteiger partial charge is 0.352 e. The van der Waals surface area contributed by atoms with Gasteiger partial charge in [0.15, 0.2) is 0 Å². The maximum absolute atomic E-state index is 15.5. The molecule has 0 saturated heterocycles. The van der Waals surface area contributed by atoms with Crippen LogP contribution in [0.15, 0.2) is 67.4 Å². The van der Waals surface area contributed by atoms with Gasteiger partial charge in [-0.1, -0.05) is 41.9 Å². The van der Waals surface area contributed by atoms with Gasteiger partial charge in [0.05, 0.1) is 46.3 Å². The summed E-state index contributed by atoms with van der Waals surface area (Å²) in [6.45, 7) is 16.9. The zero-order chi connectivity index (χ0) is 42.0. The van der Waals surface area contributed by atoms with Gasteiger partial charge >= 0.3 is 5.97 Å². The van der Waals surface area contributed by atoms with E-state index in [-0.39, 0.29) is 24.2 Å². The average molecular weight is 830 g/mol. The highest BCUT2D eigenvalue weighted by molar-refractivity contribution is 6.35. The van der Waals surface area contributed by atoms with Crippen LogP contribution in [0.1, 0.15) is 85.3 Å². The Morgan fingerprint density at radius 3 is 2.42 bits per heavy atom. The van der Waals surface area contributed by atoms with E-state index in [1.165, 1.54) is 0 Å². The van der Waals surface area contributed by atoms with E-state index in [1.54, 1.807) is 22.9 Å². The molecule has 1 atom stereocenters. The van der Waals surface area contributed by atoms with Crippen molar-refractivity contribution in [3.05, 3.63) is 134 Å². The quantitative estimate of drug-likeness (QED) is 0.130. The summed E-state index contributed by atoms with van der Waals surface area (Å²) in [5.74, 6) is -0.495. The first-order valence-corrected chi connectivity index (χ1v) is 20.5. The molecule has 7 aromatic rings. The Bertz CT molecular complexity index is 2860. The summed E-state index contributed by atoms with van der Waals surface area (Å²) in [7, 11) is 1.92. The normalized spacial score (nSPS) is 14.1. The van der Waals surface area contributed by atoms with Crippen molar-refractivity contribution in [2.75, 3.05) is 18.1 Å². The number of carboxylic acid groups (broad SMARTS) is 1. The van der Waals surface area contributed by atoms with Gasteiger partial charge in [-0.25, -0.2) is 4.79 Å². The van der Waals surface area contributed by atoms with Crippen LogP contribution >= 0.6 is 23.2 Å². The summed E-state index contributed by atoms with van der Waals surface area (Å²) in [5.41, 5.74) is 11.7. The molecule has 1 N–H and O–H groups in total. The molecule has 5 heterocycles. The van der Waals surface area contributed by atoms with Crippen LogP contribution < -0.4 is 9.64 Å². The Morgan fingerprint density at radius 1 is 1.00 bits per heavy atom. The second-order valence-corrected chi connectivity index (χ2v) is 16.5. The first-order valence-electron chi connectivity index (χ1n) is 19.7. The van der Waals surface area contributed by atoms with Crippen LogP contribution in [0.5, 0.6) is 5.75 Å². The number of aromatic carboxylic acids is 1. The Hall–Kier alpha value is -5.84. The maximum Gasteiger partial charge on any atom is 0.352 e. The number of nitrogens with zero attached hydrogens (tertiary/aromatic N) is 6. The van der Waals surface area contributed by atoms with Gasteiger partial charge < -0.3 is 23.9 Å².